The van der Waals surface area contributed by atoms with Gasteiger partial charge in [-0.3, -0.25) is 0 Å². The first-order valence-corrected chi connectivity index (χ1v) is 6.52. The summed E-state index contributed by atoms with van der Waals surface area (Å²) in [5.41, 5.74) is 2.78. The van der Waals surface area contributed by atoms with E-state index in [1.165, 1.54) is 0 Å². The van der Waals surface area contributed by atoms with E-state index in [1.807, 2.05) is 48.6 Å². The number of benzene rings is 2. The van der Waals surface area contributed by atoms with Crippen LogP contribution in [0.2, 0.25) is 0 Å². The number of methoxy groups -OCH3 is 1. The number of fused-ring (bicyclic) bond motifs is 1. The standard InChI is InChI=1S/C18H14O3/c1-3-14-10-17-18(21-12-20-17)11-15(14)7-4-13-5-8-16(19-2)9-6-13/h1,4-11H,12H2,2H3/b7-4+. The molecule has 3 heteroatoms. The van der Waals surface area contributed by atoms with Crippen LogP contribution in [0.5, 0.6) is 17.2 Å². The Kier molecular flexibility index (Phi) is 3.53. The minimum Gasteiger partial charge on any atom is -0.497 e. The van der Waals surface area contributed by atoms with E-state index in [-0.39, 0.29) is 6.79 Å². The van der Waals surface area contributed by atoms with Crippen LogP contribution < -0.4 is 14.2 Å². The quantitative estimate of drug-likeness (QED) is 0.634. The Hall–Kier alpha value is -2.86. The summed E-state index contributed by atoms with van der Waals surface area (Å²) in [5.74, 6) is 4.93. The first kappa shape index (κ1) is 13.1. The zero-order valence-electron chi connectivity index (χ0n) is 11.6. The molecule has 0 aromatic heterocycles. The third kappa shape index (κ3) is 2.70. The van der Waals surface area contributed by atoms with Gasteiger partial charge in [-0.05, 0) is 29.3 Å². The predicted molar refractivity (Wildman–Crippen MR) is 82.4 cm³/mol. The maximum absolute atomic E-state index is 5.55. The molecule has 0 bridgehead atoms. The molecule has 3 nitrogen and oxygen atoms in total. The zero-order chi connectivity index (χ0) is 14.7. The second-order valence-electron chi connectivity index (χ2n) is 4.54. The maximum Gasteiger partial charge on any atom is 0.231 e. The van der Waals surface area contributed by atoms with Crippen molar-refractivity contribution in [3.63, 3.8) is 0 Å². The highest BCUT2D eigenvalue weighted by Gasteiger charge is 2.15. The Labute approximate surface area is 123 Å². The van der Waals surface area contributed by atoms with Crippen molar-refractivity contribution < 1.29 is 14.2 Å². The lowest BCUT2D eigenvalue weighted by molar-refractivity contribution is 0.174. The van der Waals surface area contributed by atoms with Gasteiger partial charge in [0.25, 0.3) is 0 Å². The van der Waals surface area contributed by atoms with Crippen LogP contribution in [-0.4, -0.2) is 13.9 Å². The molecule has 1 aliphatic rings. The second kappa shape index (κ2) is 5.64. The highest BCUT2D eigenvalue weighted by molar-refractivity contribution is 5.75. The Morgan fingerprint density at radius 1 is 1.10 bits per heavy atom. The van der Waals surface area contributed by atoms with Crippen molar-refractivity contribution in [3.05, 3.63) is 53.1 Å². The molecule has 0 aliphatic carbocycles. The molecule has 2 aromatic rings. The van der Waals surface area contributed by atoms with Crippen molar-refractivity contribution in [2.45, 2.75) is 0 Å². The highest BCUT2D eigenvalue weighted by Crippen LogP contribution is 2.35. The third-order valence-corrected chi connectivity index (χ3v) is 3.27. The maximum atomic E-state index is 5.55. The average molecular weight is 278 g/mol. The minimum absolute atomic E-state index is 0.241. The van der Waals surface area contributed by atoms with Gasteiger partial charge in [0.05, 0.1) is 7.11 Å². The molecule has 104 valence electrons. The third-order valence-electron chi connectivity index (χ3n) is 3.27. The van der Waals surface area contributed by atoms with Gasteiger partial charge in [0.1, 0.15) is 5.75 Å². The molecule has 0 atom stereocenters. The topological polar surface area (TPSA) is 27.7 Å². The molecule has 1 heterocycles. The molecule has 0 radical (unpaired) electrons. The normalized spacial score (nSPS) is 12.4. The minimum atomic E-state index is 0.241. The fraction of sp³-hybridized carbons (Fsp3) is 0.111. The molecule has 2 aromatic carbocycles. The van der Waals surface area contributed by atoms with E-state index >= 15 is 0 Å². The van der Waals surface area contributed by atoms with E-state index in [0.29, 0.717) is 5.75 Å². The average Bonchev–Trinajstić information content (AvgIpc) is 2.99. The Balaban J connectivity index is 1.90. The summed E-state index contributed by atoms with van der Waals surface area (Å²) < 4.78 is 15.8. The van der Waals surface area contributed by atoms with Crippen LogP contribution in [-0.2, 0) is 0 Å². The number of terminal acetylenes is 1. The molecule has 0 amide bonds. The molecule has 0 saturated carbocycles. The number of hydrogen-bond acceptors (Lipinski definition) is 3. The Bertz CT molecular complexity index is 721. The summed E-state index contributed by atoms with van der Waals surface area (Å²) in [5, 5.41) is 0. The van der Waals surface area contributed by atoms with Crippen LogP contribution >= 0.6 is 0 Å². The molecule has 0 N–H and O–H groups in total. The van der Waals surface area contributed by atoms with Gasteiger partial charge < -0.3 is 14.2 Å². The molecular formula is C18H14O3. The lowest BCUT2D eigenvalue weighted by atomic mass is 10.0. The molecule has 0 fully saturated rings. The first-order valence-electron chi connectivity index (χ1n) is 6.52. The van der Waals surface area contributed by atoms with Gasteiger partial charge in [0.15, 0.2) is 11.5 Å². The van der Waals surface area contributed by atoms with E-state index in [0.717, 1.165) is 28.2 Å². The van der Waals surface area contributed by atoms with Gasteiger partial charge in [-0.25, -0.2) is 0 Å². The van der Waals surface area contributed by atoms with E-state index in [1.54, 1.807) is 7.11 Å². The monoisotopic (exact) mass is 278 g/mol. The van der Waals surface area contributed by atoms with Gasteiger partial charge in [0, 0.05) is 11.6 Å². The largest absolute Gasteiger partial charge is 0.497 e. The van der Waals surface area contributed by atoms with Crippen LogP contribution in [0.25, 0.3) is 12.2 Å². The van der Waals surface area contributed by atoms with E-state index in [9.17, 15) is 0 Å². The number of ether oxygens (including phenoxy) is 3. The van der Waals surface area contributed by atoms with Gasteiger partial charge in [-0.2, -0.15) is 0 Å². The fourth-order valence-corrected chi connectivity index (χ4v) is 2.12. The summed E-state index contributed by atoms with van der Waals surface area (Å²) in [4.78, 5) is 0. The molecule has 21 heavy (non-hydrogen) atoms. The van der Waals surface area contributed by atoms with Crippen molar-refractivity contribution in [3.8, 4) is 29.6 Å². The van der Waals surface area contributed by atoms with Crippen molar-refractivity contribution in [1.82, 2.24) is 0 Å². The zero-order valence-corrected chi connectivity index (χ0v) is 11.6. The van der Waals surface area contributed by atoms with Crippen LogP contribution in [0.15, 0.2) is 36.4 Å². The summed E-state index contributed by atoms with van der Waals surface area (Å²) >= 11 is 0. The van der Waals surface area contributed by atoms with Crippen molar-refractivity contribution in [2.75, 3.05) is 13.9 Å². The summed E-state index contributed by atoms with van der Waals surface area (Å²) in [6.45, 7) is 0.241. The number of hydrogen-bond donors (Lipinski definition) is 0. The summed E-state index contributed by atoms with van der Waals surface area (Å²) in [6.07, 6.45) is 9.52. The molecule has 0 spiro atoms. The van der Waals surface area contributed by atoms with Crippen molar-refractivity contribution in [2.24, 2.45) is 0 Å². The Morgan fingerprint density at radius 2 is 1.81 bits per heavy atom. The lowest BCUT2D eigenvalue weighted by Crippen LogP contribution is -1.92. The predicted octanol–water partition coefficient (Wildman–Crippen LogP) is 3.58. The highest BCUT2D eigenvalue weighted by atomic mass is 16.7. The first-order chi connectivity index (χ1) is 10.3. The van der Waals surface area contributed by atoms with Crippen molar-refractivity contribution in [1.29, 1.82) is 0 Å². The summed E-state index contributed by atoms with van der Waals surface area (Å²) in [6, 6.07) is 11.5. The van der Waals surface area contributed by atoms with Crippen molar-refractivity contribution >= 4 is 12.2 Å². The smallest absolute Gasteiger partial charge is 0.231 e. The SMILES string of the molecule is C#Cc1cc2c(cc1/C=C/c1ccc(OC)cc1)OCO2. The molecule has 0 saturated heterocycles. The second-order valence-corrected chi connectivity index (χ2v) is 4.54. The summed E-state index contributed by atoms with van der Waals surface area (Å²) in [7, 11) is 1.65. The van der Waals surface area contributed by atoms with Gasteiger partial charge in [-0.15, -0.1) is 6.42 Å². The van der Waals surface area contributed by atoms with E-state index < -0.39 is 0 Å². The van der Waals surface area contributed by atoms with Gasteiger partial charge in [0.2, 0.25) is 6.79 Å². The van der Waals surface area contributed by atoms with Crippen LogP contribution in [0.4, 0.5) is 0 Å². The van der Waals surface area contributed by atoms with E-state index in [4.69, 9.17) is 20.6 Å². The van der Waals surface area contributed by atoms with Gasteiger partial charge >= 0.3 is 0 Å². The molecule has 0 unspecified atom stereocenters. The number of rotatable bonds is 3. The lowest BCUT2D eigenvalue weighted by Gasteiger charge is -2.03. The van der Waals surface area contributed by atoms with E-state index in [2.05, 4.69) is 5.92 Å². The molecule has 1 aliphatic heterocycles. The fourth-order valence-electron chi connectivity index (χ4n) is 2.12. The van der Waals surface area contributed by atoms with Crippen LogP contribution in [0.3, 0.4) is 0 Å². The van der Waals surface area contributed by atoms with Crippen LogP contribution in [0, 0.1) is 12.3 Å². The van der Waals surface area contributed by atoms with Crippen LogP contribution in [0.1, 0.15) is 16.7 Å². The molecular weight excluding hydrogens is 264 g/mol. The van der Waals surface area contributed by atoms with Gasteiger partial charge in [-0.1, -0.05) is 30.2 Å². The Morgan fingerprint density at radius 3 is 2.48 bits per heavy atom. The molecule has 3 rings (SSSR count).